The Morgan fingerprint density at radius 1 is 0.848 bits per heavy atom. The van der Waals surface area contributed by atoms with E-state index in [4.69, 9.17) is 0 Å². The monoisotopic (exact) mass is 467 g/mol. The van der Waals surface area contributed by atoms with Crippen molar-refractivity contribution in [1.82, 2.24) is 14.7 Å². The lowest BCUT2D eigenvalue weighted by molar-refractivity contribution is -0.133. The van der Waals surface area contributed by atoms with Gasteiger partial charge in [0.2, 0.25) is 5.91 Å². The Labute approximate surface area is 199 Å². The molecule has 8 heteroatoms. The molecule has 2 aromatic rings. The molecular formula is C25H33N5O2S. The molecular weight excluding hydrogens is 434 g/mol. The molecule has 0 unspecified atom stereocenters. The minimum atomic E-state index is -0.0642. The van der Waals surface area contributed by atoms with Crippen LogP contribution >= 0.6 is 11.3 Å². The minimum absolute atomic E-state index is 0.0642. The average molecular weight is 468 g/mol. The first kappa shape index (κ1) is 22.2. The number of anilines is 2. The highest BCUT2D eigenvalue weighted by molar-refractivity contribution is 7.10. The van der Waals surface area contributed by atoms with Gasteiger partial charge in [0.25, 0.3) is 0 Å². The summed E-state index contributed by atoms with van der Waals surface area (Å²) in [4.78, 5) is 35.2. The van der Waals surface area contributed by atoms with E-state index in [0.29, 0.717) is 19.6 Å². The van der Waals surface area contributed by atoms with Gasteiger partial charge < -0.3 is 20.0 Å². The molecule has 4 heterocycles. The van der Waals surface area contributed by atoms with Crippen molar-refractivity contribution in [3.8, 4) is 0 Å². The van der Waals surface area contributed by atoms with Gasteiger partial charge in [-0.3, -0.25) is 9.69 Å². The third kappa shape index (κ3) is 5.33. The van der Waals surface area contributed by atoms with Crippen LogP contribution in [0.25, 0.3) is 0 Å². The molecule has 0 aliphatic carbocycles. The molecule has 0 radical (unpaired) electrons. The number of hydrogen-bond acceptors (Lipinski definition) is 5. The van der Waals surface area contributed by atoms with E-state index in [2.05, 4.69) is 38.7 Å². The second-order valence-electron chi connectivity index (χ2n) is 9.22. The first-order chi connectivity index (χ1) is 16.2. The number of carbonyl (C=O) groups is 2. The van der Waals surface area contributed by atoms with Crippen LogP contribution in [0.2, 0.25) is 0 Å². The fourth-order valence-corrected chi connectivity index (χ4v) is 5.86. The number of likely N-dealkylation sites (tertiary alicyclic amines) is 1. The maximum atomic E-state index is 12.7. The largest absolute Gasteiger partial charge is 0.367 e. The lowest BCUT2D eigenvalue weighted by Gasteiger charge is -2.36. The van der Waals surface area contributed by atoms with E-state index in [1.807, 2.05) is 33.3 Å². The Morgan fingerprint density at radius 2 is 1.61 bits per heavy atom. The standard InChI is InChI=1S/C25H33N5O2S/c31-24(28-10-2-1-3-11-28)19-27-13-15-29(16-14-27)25(32)26-21-4-6-22(7-5-21)30-12-8-23-20(18-30)9-17-33-23/h4-7,9,17H,1-3,8,10-16,18-19H2,(H,26,32). The van der Waals surface area contributed by atoms with E-state index in [1.165, 1.54) is 22.5 Å². The molecule has 1 aromatic heterocycles. The summed E-state index contributed by atoms with van der Waals surface area (Å²) in [6, 6.07) is 10.3. The number of carbonyl (C=O) groups excluding carboxylic acids is 2. The Kier molecular flexibility index (Phi) is 6.83. The fourth-order valence-electron chi connectivity index (χ4n) is 4.97. The molecule has 5 rings (SSSR count). The zero-order valence-corrected chi connectivity index (χ0v) is 20.0. The van der Waals surface area contributed by atoms with Gasteiger partial charge in [-0.1, -0.05) is 0 Å². The third-order valence-electron chi connectivity index (χ3n) is 7.02. The first-order valence-electron chi connectivity index (χ1n) is 12.1. The molecule has 1 N–H and O–H groups in total. The zero-order chi connectivity index (χ0) is 22.6. The SMILES string of the molecule is O=C(CN1CCN(C(=O)Nc2ccc(N3CCc4sccc4C3)cc2)CC1)N1CCCCC1. The number of benzene rings is 1. The van der Waals surface area contributed by atoms with E-state index in [1.54, 1.807) is 0 Å². The highest BCUT2D eigenvalue weighted by atomic mass is 32.1. The molecule has 2 fully saturated rings. The number of piperidine rings is 1. The molecule has 176 valence electrons. The smallest absolute Gasteiger partial charge is 0.321 e. The maximum absolute atomic E-state index is 12.7. The van der Waals surface area contributed by atoms with Gasteiger partial charge in [0.15, 0.2) is 0 Å². The van der Waals surface area contributed by atoms with Gasteiger partial charge >= 0.3 is 6.03 Å². The minimum Gasteiger partial charge on any atom is -0.367 e. The van der Waals surface area contributed by atoms with Gasteiger partial charge in [-0.05, 0) is 67.0 Å². The molecule has 0 atom stereocenters. The third-order valence-corrected chi connectivity index (χ3v) is 8.04. The van der Waals surface area contributed by atoms with Crippen LogP contribution in [-0.4, -0.2) is 79.0 Å². The van der Waals surface area contributed by atoms with Crippen LogP contribution in [0.4, 0.5) is 16.2 Å². The molecule has 2 saturated heterocycles. The van der Waals surface area contributed by atoms with Crippen molar-refractivity contribution in [2.45, 2.75) is 32.2 Å². The number of nitrogens with one attached hydrogen (secondary N) is 1. The number of piperazine rings is 1. The van der Waals surface area contributed by atoms with Gasteiger partial charge in [-0.15, -0.1) is 11.3 Å². The molecule has 1 aromatic carbocycles. The summed E-state index contributed by atoms with van der Waals surface area (Å²) in [5.41, 5.74) is 3.44. The first-order valence-corrected chi connectivity index (χ1v) is 13.0. The van der Waals surface area contributed by atoms with E-state index >= 15 is 0 Å². The summed E-state index contributed by atoms with van der Waals surface area (Å²) >= 11 is 1.85. The molecule has 33 heavy (non-hydrogen) atoms. The van der Waals surface area contributed by atoms with Crippen LogP contribution in [0.5, 0.6) is 0 Å². The van der Waals surface area contributed by atoms with Crippen LogP contribution in [0.1, 0.15) is 29.7 Å². The second kappa shape index (κ2) is 10.1. The highest BCUT2D eigenvalue weighted by Crippen LogP contribution is 2.28. The van der Waals surface area contributed by atoms with Gasteiger partial charge in [0.1, 0.15) is 0 Å². The Morgan fingerprint density at radius 3 is 2.36 bits per heavy atom. The number of rotatable bonds is 4. The van der Waals surface area contributed by atoms with Crippen LogP contribution < -0.4 is 10.2 Å². The predicted molar refractivity (Wildman–Crippen MR) is 133 cm³/mol. The summed E-state index contributed by atoms with van der Waals surface area (Å²) in [5, 5.41) is 5.22. The van der Waals surface area contributed by atoms with Crippen molar-refractivity contribution in [2.24, 2.45) is 0 Å². The normalized spacial score (nSPS) is 19.3. The van der Waals surface area contributed by atoms with E-state index < -0.39 is 0 Å². The predicted octanol–water partition coefficient (Wildman–Crippen LogP) is 3.47. The second-order valence-corrected chi connectivity index (χ2v) is 10.2. The van der Waals surface area contributed by atoms with Crippen LogP contribution in [0.3, 0.4) is 0 Å². The lowest BCUT2D eigenvalue weighted by Crippen LogP contribution is -2.52. The van der Waals surface area contributed by atoms with Crippen LogP contribution in [-0.2, 0) is 17.8 Å². The number of thiophene rings is 1. The Balaban J connectivity index is 1.08. The molecule has 0 spiro atoms. The van der Waals surface area contributed by atoms with E-state index in [0.717, 1.165) is 64.2 Å². The number of fused-ring (bicyclic) bond motifs is 1. The molecule has 3 aliphatic rings. The molecule has 3 amide bonds. The van der Waals surface area contributed by atoms with Gasteiger partial charge in [-0.25, -0.2) is 4.79 Å². The van der Waals surface area contributed by atoms with Crippen molar-refractivity contribution in [3.63, 3.8) is 0 Å². The fraction of sp³-hybridized carbons (Fsp3) is 0.520. The summed E-state index contributed by atoms with van der Waals surface area (Å²) in [5.74, 6) is 0.233. The topological polar surface area (TPSA) is 59.1 Å². The van der Waals surface area contributed by atoms with E-state index in [-0.39, 0.29) is 11.9 Å². The number of nitrogens with zero attached hydrogens (tertiary/aromatic N) is 4. The molecule has 0 bridgehead atoms. The summed E-state index contributed by atoms with van der Waals surface area (Å²) in [6.07, 6.45) is 4.57. The lowest BCUT2D eigenvalue weighted by atomic mass is 10.1. The number of hydrogen-bond donors (Lipinski definition) is 1. The van der Waals surface area contributed by atoms with Crippen LogP contribution in [0, 0.1) is 0 Å². The van der Waals surface area contributed by atoms with E-state index in [9.17, 15) is 9.59 Å². The Hall–Kier alpha value is -2.58. The zero-order valence-electron chi connectivity index (χ0n) is 19.2. The molecule has 0 saturated carbocycles. The summed E-state index contributed by atoms with van der Waals surface area (Å²) < 4.78 is 0. The van der Waals surface area contributed by atoms with Crippen molar-refractivity contribution in [3.05, 3.63) is 46.2 Å². The van der Waals surface area contributed by atoms with Crippen molar-refractivity contribution in [1.29, 1.82) is 0 Å². The number of urea groups is 1. The van der Waals surface area contributed by atoms with Gasteiger partial charge in [0.05, 0.1) is 6.54 Å². The maximum Gasteiger partial charge on any atom is 0.321 e. The quantitative estimate of drug-likeness (QED) is 0.748. The average Bonchev–Trinajstić information content (AvgIpc) is 3.33. The van der Waals surface area contributed by atoms with Gasteiger partial charge in [-0.2, -0.15) is 0 Å². The van der Waals surface area contributed by atoms with Gasteiger partial charge in [0, 0.05) is 68.6 Å². The summed E-state index contributed by atoms with van der Waals surface area (Å²) in [7, 11) is 0. The number of amides is 3. The molecule has 3 aliphatic heterocycles. The highest BCUT2D eigenvalue weighted by Gasteiger charge is 2.25. The van der Waals surface area contributed by atoms with Crippen molar-refractivity contribution < 1.29 is 9.59 Å². The van der Waals surface area contributed by atoms with Crippen molar-refractivity contribution in [2.75, 3.05) is 62.6 Å². The molecule has 7 nitrogen and oxygen atoms in total. The summed E-state index contributed by atoms with van der Waals surface area (Å²) in [6.45, 7) is 7.03. The van der Waals surface area contributed by atoms with Crippen LogP contribution in [0.15, 0.2) is 35.7 Å². The van der Waals surface area contributed by atoms with Crippen molar-refractivity contribution >= 4 is 34.6 Å². The Bertz CT molecular complexity index is 961.